The Hall–Kier alpha value is -2.05. The molecule has 7 nitrogen and oxygen atoms in total. The van der Waals surface area contributed by atoms with Crippen LogP contribution in [0.15, 0.2) is 10.8 Å². The van der Waals surface area contributed by atoms with Crippen LogP contribution in [0.25, 0.3) is 11.2 Å². The molecule has 0 amide bonds. The average molecular weight is 226 g/mol. The Morgan fingerprint density at radius 3 is 2.75 bits per heavy atom. The van der Waals surface area contributed by atoms with Crippen LogP contribution < -0.4 is 15.4 Å². The number of nitrogens with one attached hydrogen (secondary N) is 2. The van der Waals surface area contributed by atoms with Gasteiger partial charge >= 0.3 is 5.65 Å². The molecule has 0 spiro atoms. The van der Waals surface area contributed by atoms with Crippen LogP contribution in [0.3, 0.4) is 0 Å². The van der Waals surface area contributed by atoms with Crippen LogP contribution in [0, 0.1) is 5.21 Å². The first-order valence-electron chi connectivity index (χ1n) is 5.12. The maximum atomic E-state index is 11.4. The van der Waals surface area contributed by atoms with Crippen LogP contribution in [0.4, 0.5) is 11.5 Å². The van der Waals surface area contributed by atoms with Gasteiger partial charge in [-0.15, -0.1) is 0 Å². The van der Waals surface area contributed by atoms with Crippen molar-refractivity contribution in [1.29, 1.82) is 0 Å². The molecule has 2 rings (SSSR count). The lowest BCUT2D eigenvalue weighted by molar-refractivity contribution is -0.587. The third-order valence-electron chi connectivity index (χ3n) is 2.25. The topological polar surface area (TPSA) is 89.3 Å². The zero-order valence-corrected chi connectivity index (χ0v) is 9.15. The zero-order chi connectivity index (χ0) is 11.7. The monoisotopic (exact) mass is 226 g/mol. The predicted molar refractivity (Wildman–Crippen MR) is 58.7 cm³/mol. The Bertz CT molecular complexity index is 502. The van der Waals surface area contributed by atoms with Crippen LogP contribution in [0.2, 0.25) is 0 Å². The van der Waals surface area contributed by atoms with E-state index in [1.54, 1.807) is 0 Å². The fraction of sp³-hybridized carbons (Fsp3) is 0.444. The number of aromatic nitrogens is 2. The van der Waals surface area contributed by atoms with E-state index >= 15 is 0 Å². The minimum Gasteiger partial charge on any atom is -0.708 e. The molecular weight excluding hydrogens is 212 g/mol. The van der Waals surface area contributed by atoms with Crippen molar-refractivity contribution < 1.29 is 14.4 Å². The largest absolute Gasteiger partial charge is 0.708 e. The summed E-state index contributed by atoms with van der Waals surface area (Å²) in [5, 5.41) is 27.2. The minimum absolute atomic E-state index is 0.0758. The molecule has 2 aromatic rings. The molecule has 0 aliphatic heterocycles. The van der Waals surface area contributed by atoms with Gasteiger partial charge in [-0.1, -0.05) is 0 Å². The predicted octanol–water partition coefficient (Wildman–Crippen LogP) is 0.969. The summed E-state index contributed by atoms with van der Waals surface area (Å²) in [4.78, 5) is 0. The first-order valence-corrected chi connectivity index (χ1v) is 5.12. The third kappa shape index (κ3) is 1.32. The number of anilines is 2. The maximum Gasteiger partial charge on any atom is 0.374 e. The Balaban J connectivity index is 2.65. The van der Waals surface area contributed by atoms with Crippen molar-refractivity contribution in [3.8, 4) is 0 Å². The lowest BCUT2D eigenvalue weighted by atomic mass is 10.4. The molecular formula is C9H14N4O3. The van der Waals surface area contributed by atoms with Gasteiger partial charge in [0.2, 0.25) is 0 Å². The van der Waals surface area contributed by atoms with Crippen molar-refractivity contribution in [3.05, 3.63) is 11.6 Å². The van der Waals surface area contributed by atoms with Crippen molar-refractivity contribution >= 4 is 22.7 Å². The van der Waals surface area contributed by atoms with Gasteiger partial charge in [0, 0.05) is 13.1 Å². The molecule has 7 heteroatoms. The summed E-state index contributed by atoms with van der Waals surface area (Å²) in [6.45, 7) is 5.11. The van der Waals surface area contributed by atoms with Gasteiger partial charge in [0.1, 0.15) is 0 Å². The molecule has 0 saturated carbocycles. The molecule has 88 valence electrons. The quantitative estimate of drug-likeness (QED) is 0.410. The summed E-state index contributed by atoms with van der Waals surface area (Å²) < 4.78 is 6.39. The van der Waals surface area contributed by atoms with Gasteiger partial charge in [-0.2, -0.15) is 4.73 Å². The number of oxazole rings is 1. The normalized spacial score (nSPS) is 10.9. The fourth-order valence-electron chi connectivity index (χ4n) is 1.65. The first kappa shape index (κ1) is 10.5. The molecule has 3 N–H and O–H groups in total. The SMILES string of the molecule is CCNc1c(NCC)n(O)c2c1oc[n+]2[O-]. The summed E-state index contributed by atoms with van der Waals surface area (Å²) in [5.41, 5.74) is 1.01. The van der Waals surface area contributed by atoms with E-state index in [9.17, 15) is 10.4 Å². The van der Waals surface area contributed by atoms with Crippen molar-refractivity contribution in [3.63, 3.8) is 0 Å². The molecule has 0 aliphatic rings. The Morgan fingerprint density at radius 1 is 1.44 bits per heavy atom. The summed E-state index contributed by atoms with van der Waals surface area (Å²) in [6, 6.07) is 0. The van der Waals surface area contributed by atoms with E-state index in [2.05, 4.69) is 10.6 Å². The van der Waals surface area contributed by atoms with E-state index in [4.69, 9.17) is 4.42 Å². The average Bonchev–Trinajstić information content (AvgIpc) is 2.74. The molecule has 0 unspecified atom stereocenters. The second-order valence-electron chi connectivity index (χ2n) is 3.30. The van der Waals surface area contributed by atoms with Gasteiger partial charge < -0.3 is 25.5 Å². The van der Waals surface area contributed by atoms with Crippen molar-refractivity contribution in [1.82, 2.24) is 4.73 Å². The van der Waals surface area contributed by atoms with Crippen LogP contribution in [-0.4, -0.2) is 23.0 Å². The highest BCUT2D eigenvalue weighted by Gasteiger charge is 2.28. The number of hydrogen-bond donors (Lipinski definition) is 3. The lowest BCUT2D eigenvalue weighted by Crippen LogP contribution is -2.25. The molecule has 0 saturated heterocycles. The molecule has 2 heterocycles. The standard InChI is InChI=1S/C9H14N4O3/c1-3-10-6-7-9(12(14)5-16-7)13(15)8(6)11-4-2/h5,10-11,15H,3-4H2,1-2H3. The Morgan fingerprint density at radius 2 is 2.12 bits per heavy atom. The van der Waals surface area contributed by atoms with Crippen molar-refractivity contribution in [2.45, 2.75) is 13.8 Å². The summed E-state index contributed by atoms with van der Waals surface area (Å²) in [7, 11) is 0. The van der Waals surface area contributed by atoms with E-state index < -0.39 is 0 Å². The summed E-state index contributed by atoms with van der Waals surface area (Å²) >= 11 is 0. The van der Waals surface area contributed by atoms with Gasteiger partial charge in [-0.3, -0.25) is 0 Å². The number of fused-ring (bicyclic) bond motifs is 1. The van der Waals surface area contributed by atoms with E-state index in [-0.39, 0.29) is 5.65 Å². The van der Waals surface area contributed by atoms with E-state index in [1.807, 2.05) is 13.8 Å². The Labute approximate surface area is 91.8 Å². The Kier molecular flexibility index (Phi) is 2.51. The maximum absolute atomic E-state index is 11.4. The van der Waals surface area contributed by atoms with Gasteiger partial charge in [-0.25, -0.2) is 0 Å². The molecule has 0 radical (unpaired) electrons. The van der Waals surface area contributed by atoms with Crippen LogP contribution in [0.5, 0.6) is 0 Å². The van der Waals surface area contributed by atoms with Crippen molar-refractivity contribution in [2.75, 3.05) is 23.7 Å². The summed E-state index contributed by atoms with van der Waals surface area (Å²) in [6.07, 6.45) is 1.01. The van der Waals surface area contributed by atoms with E-state index in [0.717, 1.165) is 11.1 Å². The highest BCUT2D eigenvalue weighted by atomic mass is 16.5. The highest BCUT2D eigenvalue weighted by molar-refractivity contribution is 5.92. The van der Waals surface area contributed by atoms with Crippen LogP contribution in [-0.2, 0) is 0 Å². The van der Waals surface area contributed by atoms with Gasteiger partial charge in [0.25, 0.3) is 17.8 Å². The zero-order valence-electron chi connectivity index (χ0n) is 9.15. The number of rotatable bonds is 4. The lowest BCUT2D eigenvalue weighted by Gasteiger charge is -2.03. The molecule has 0 bridgehead atoms. The minimum atomic E-state index is 0.0758. The fourth-order valence-corrected chi connectivity index (χ4v) is 1.65. The smallest absolute Gasteiger partial charge is 0.374 e. The molecule has 0 fully saturated rings. The number of hydrogen-bond acceptors (Lipinski definition) is 5. The molecule has 0 aliphatic carbocycles. The first-order chi connectivity index (χ1) is 7.70. The van der Waals surface area contributed by atoms with Gasteiger partial charge in [0.05, 0.1) is 0 Å². The number of nitrogens with zero attached hydrogens (tertiary/aromatic N) is 2. The highest BCUT2D eigenvalue weighted by Crippen LogP contribution is 2.32. The van der Waals surface area contributed by atoms with Gasteiger partial charge in [-0.05, 0) is 18.6 Å². The second kappa shape index (κ2) is 3.84. The molecule has 16 heavy (non-hydrogen) atoms. The molecule has 2 aromatic heterocycles. The second-order valence-corrected chi connectivity index (χ2v) is 3.30. The van der Waals surface area contributed by atoms with E-state index in [1.165, 1.54) is 0 Å². The summed E-state index contributed by atoms with van der Waals surface area (Å²) in [5.74, 6) is 0.434. The third-order valence-corrected chi connectivity index (χ3v) is 2.25. The molecule has 0 atom stereocenters. The van der Waals surface area contributed by atoms with E-state index in [0.29, 0.717) is 34.9 Å². The van der Waals surface area contributed by atoms with Crippen LogP contribution >= 0.6 is 0 Å². The van der Waals surface area contributed by atoms with Gasteiger partial charge in [0.15, 0.2) is 5.69 Å². The van der Waals surface area contributed by atoms with Crippen LogP contribution in [0.1, 0.15) is 13.8 Å². The van der Waals surface area contributed by atoms with Crippen molar-refractivity contribution in [2.24, 2.45) is 0 Å². The molecule has 0 aromatic carbocycles.